The van der Waals surface area contributed by atoms with Gasteiger partial charge in [0.15, 0.2) is 0 Å². The number of nitrogens with zero attached hydrogens (tertiary/aromatic N) is 2. The highest BCUT2D eigenvalue weighted by atomic mass is 32.2. The Kier molecular flexibility index (Phi) is 8.09. The van der Waals surface area contributed by atoms with Gasteiger partial charge < -0.3 is 15.2 Å². The van der Waals surface area contributed by atoms with E-state index in [4.69, 9.17) is 4.98 Å². The number of para-hydroxylation sites is 1. The first kappa shape index (κ1) is 23.8. The van der Waals surface area contributed by atoms with Gasteiger partial charge in [0.1, 0.15) is 10.7 Å². The van der Waals surface area contributed by atoms with Gasteiger partial charge in [0, 0.05) is 30.2 Å². The summed E-state index contributed by atoms with van der Waals surface area (Å²) in [6.45, 7) is 6.54. The van der Waals surface area contributed by atoms with Gasteiger partial charge in [-0.2, -0.15) is 0 Å². The minimum Gasteiger partial charge on any atom is -0.372 e. The number of carbonyl (C=O) groups is 1. The molecule has 1 unspecified atom stereocenters. The minimum absolute atomic E-state index is 0.0257. The number of benzene rings is 1. The van der Waals surface area contributed by atoms with Gasteiger partial charge in [0.05, 0.1) is 16.4 Å². The maximum atomic E-state index is 12.7. The summed E-state index contributed by atoms with van der Waals surface area (Å²) in [4.78, 5) is 37.3. The summed E-state index contributed by atoms with van der Waals surface area (Å²) >= 11 is 3.17. The maximum Gasteiger partial charge on any atom is 0.259 e. The fourth-order valence-corrected chi connectivity index (χ4v) is 6.35. The van der Waals surface area contributed by atoms with Gasteiger partial charge in [-0.15, -0.1) is 23.1 Å². The lowest BCUT2D eigenvalue weighted by atomic mass is 9.97. The molecular formula is C25H32N4O2S2. The van der Waals surface area contributed by atoms with Gasteiger partial charge >= 0.3 is 0 Å². The zero-order valence-corrected chi connectivity index (χ0v) is 21.0. The number of carbonyl (C=O) groups excluding carboxylic acids is 1. The third-order valence-corrected chi connectivity index (χ3v) is 8.46. The van der Waals surface area contributed by atoms with E-state index >= 15 is 0 Å². The maximum absolute atomic E-state index is 12.7. The molecule has 0 bridgehead atoms. The average Bonchev–Trinajstić information content (AvgIpc) is 3.22. The molecule has 0 radical (unpaired) electrons. The Morgan fingerprint density at radius 2 is 2.06 bits per heavy atom. The molecule has 1 aromatic carbocycles. The van der Waals surface area contributed by atoms with E-state index in [9.17, 15) is 9.59 Å². The molecule has 8 heteroatoms. The van der Waals surface area contributed by atoms with Crippen LogP contribution in [0.15, 0.2) is 35.1 Å². The molecule has 2 aromatic heterocycles. The van der Waals surface area contributed by atoms with Gasteiger partial charge in [0.25, 0.3) is 5.56 Å². The van der Waals surface area contributed by atoms with Gasteiger partial charge in [-0.1, -0.05) is 18.2 Å². The fraction of sp³-hybridized carbons (Fsp3) is 0.480. The quantitative estimate of drug-likeness (QED) is 0.414. The average molecular weight is 485 g/mol. The molecule has 1 aliphatic rings. The van der Waals surface area contributed by atoms with Crippen molar-refractivity contribution >= 4 is 44.9 Å². The van der Waals surface area contributed by atoms with Crippen LogP contribution in [0.2, 0.25) is 0 Å². The van der Waals surface area contributed by atoms with Crippen molar-refractivity contribution in [2.75, 3.05) is 24.5 Å². The first-order valence-electron chi connectivity index (χ1n) is 11.8. The van der Waals surface area contributed by atoms with Crippen LogP contribution in [0.1, 0.15) is 49.4 Å². The van der Waals surface area contributed by atoms with Crippen LogP contribution in [0.25, 0.3) is 10.2 Å². The van der Waals surface area contributed by atoms with Crippen LogP contribution in [0, 0.1) is 0 Å². The number of rotatable bonds is 10. The van der Waals surface area contributed by atoms with E-state index < -0.39 is 0 Å². The number of amides is 1. The molecule has 0 spiro atoms. The van der Waals surface area contributed by atoms with E-state index in [2.05, 4.69) is 34.3 Å². The zero-order valence-electron chi connectivity index (χ0n) is 19.4. The van der Waals surface area contributed by atoms with E-state index in [0.29, 0.717) is 18.1 Å². The van der Waals surface area contributed by atoms with Crippen molar-refractivity contribution in [2.45, 2.75) is 57.0 Å². The summed E-state index contributed by atoms with van der Waals surface area (Å²) in [5.74, 6) is 1.19. The molecule has 0 fully saturated rings. The zero-order chi connectivity index (χ0) is 23.2. The molecule has 4 rings (SSSR count). The molecule has 3 aromatic rings. The Bertz CT molecular complexity index is 1140. The van der Waals surface area contributed by atoms with Crippen LogP contribution in [0.5, 0.6) is 0 Å². The van der Waals surface area contributed by atoms with Crippen molar-refractivity contribution in [3.63, 3.8) is 0 Å². The number of thioether (sulfide) groups is 1. The normalized spacial score (nSPS) is 14.1. The number of aromatic nitrogens is 2. The smallest absolute Gasteiger partial charge is 0.259 e. The summed E-state index contributed by atoms with van der Waals surface area (Å²) in [5, 5.41) is 3.62. The molecular weight excluding hydrogens is 452 g/mol. The Morgan fingerprint density at radius 1 is 1.27 bits per heavy atom. The number of thiophene rings is 1. The lowest BCUT2D eigenvalue weighted by Crippen LogP contribution is -2.34. The van der Waals surface area contributed by atoms with Gasteiger partial charge in [0.2, 0.25) is 5.91 Å². The highest BCUT2D eigenvalue weighted by Crippen LogP contribution is 2.33. The van der Waals surface area contributed by atoms with E-state index in [1.54, 1.807) is 11.3 Å². The van der Waals surface area contributed by atoms with Gasteiger partial charge in [-0.25, -0.2) is 4.98 Å². The Labute approximate surface area is 203 Å². The van der Waals surface area contributed by atoms with Crippen LogP contribution in [0.4, 0.5) is 5.69 Å². The third kappa shape index (κ3) is 5.79. The third-order valence-electron chi connectivity index (χ3n) is 6.12. The Morgan fingerprint density at radius 3 is 2.85 bits per heavy atom. The number of aryl methyl sites for hydroxylation is 2. The van der Waals surface area contributed by atoms with Crippen molar-refractivity contribution in [3.05, 3.63) is 57.0 Å². The Hall–Kier alpha value is -2.32. The second-order valence-electron chi connectivity index (χ2n) is 8.42. The number of hydrogen-bond acceptors (Lipinski definition) is 6. The van der Waals surface area contributed by atoms with E-state index in [-0.39, 0.29) is 16.7 Å². The number of anilines is 1. The van der Waals surface area contributed by atoms with Gasteiger partial charge in [-0.05, 0) is 63.6 Å². The molecule has 1 atom stereocenters. The summed E-state index contributed by atoms with van der Waals surface area (Å²) in [6, 6.07) is 10.3. The standard InChI is InChI=1S/C25H32N4O2S2/c1-3-29(18-10-5-4-6-11-18)15-9-14-26-23(30)17(2)32-16-21-27-24(31)22-19-12-7-8-13-20(19)33-25(22)28-21/h4-6,10-11,17H,3,7-9,12-16H2,1-2H3,(H,26,30)(H,27,28,31). The van der Waals surface area contributed by atoms with Crippen molar-refractivity contribution in [3.8, 4) is 0 Å². The predicted octanol–water partition coefficient (Wildman–Crippen LogP) is 4.52. The van der Waals surface area contributed by atoms with Gasteiger partial charge in [-0.3, -0.25) is 9.59 Å². The summed E-state index contributed by atoms with van der Waals surface area (Å²) in [7, 11) is 0. The fourth-order valence-electron chi connectivity index (χ4n) is 4.29. The molecule has 1 aliphatic carbocycles. The second-order valence-corrected chi connectivity index (χ2v) is 10.8. The molecule has 176 valence electrons. The molecule has 2 heterocycles. The lowest BCUT2D eigenvalue weighted by Gasteiger charge is -2.23. The predicted molar refractivity (Wildman–Crippen MR) is 140 cm³/mol. The van der Waals surface area contributed by atoms with Crippen LogP contribution in [0.3, 0.4) is 0 Å². The van der Waals surface area contributed by atoms with E-state index in [1.807, 2.05) is 25.1 Å². The number of nitrogens with one attached hydrogen (secondary N) is 2. The van der Waals surface area contributed by atoms with Crippen LogP contribution < -0.4 is 15.8 Å². The summed E-state index contributed by atoms with van der Waals surface area (Å²) < 4.78 is 0. The highest BCUT2D eigenvalue weighted by molar-refractivity contribution is 7.99. The molecule has 33 heavy (non-hydrogen) atoms. The number of fused-ring (bicyclic) bond motifs is 3. The van der Waals surface area contributed by atoms with Crippen LogP contribution in [-0.4, -0.2) is 40.8 Å². The van der Waals surface area contributed by atoms with Crippen LogP contribution in [-0.2, 0) is 23.4 Å². The largest absolute Gasteiger partial charge is 0.372 e. The topological polar surface area (TPSA) is 78.1 Å². The van der Waals surface area contributed by atoms with Crippen molar-refractivity contribution < 1.29 is 4.79 Å². The Balaban J connectivity index is 1.25. The summed E-state index contributed by atoms with van der Waals surface area (Å²) in [6.07, 6.45) is 5.26. The first-order valence-corrected chi connectivity index (χ1v) is 13.7. The molecule has 0 aliphatic heterocycles. The first-order chi connectivity index (χ1) is 16.1. The van der Waals surface area contributed by atoms with E-state index in [1.165, 1.54) is 34.3 Å². The number of aromatic amines is 1. The highest BCUT2D eigenvalue weighted by Gasteiger charge is 2.20. The van der Waals surface area contributed by atoms with Crippen molar-refractivity contribution in [1.82, 2.24) is 15.3 Å². The molecule has 0 saturated heterocycles. The lowest BCUT2D eigenvalue weighted by molar-refractivity contribution is -0.120. The van der Waals surface area contributed by atoms with Crippen LogP contribution >= 0.6 is 23.1 Å². The van der Waals surface area contributed by atoms with Crippen molar-refractivity contribution in [1.29, 1.82) is 0 Å². The summed E-state index contributed by atoms with van der Waals surface area (Å²) in [5.41, 5.74) is 2.38. The molecule has 6 nitrogen and oxygen atoms in total. The SMILES string of the molecule is CCN(CCCNC(=O)C(C)SCc1nc2sc3c(c2c(=O)[nH]1)CCCC3)c1ccccc1. The second kappa shape index (κ2) is 11.2. The molecule has 0 saturated carbocycles. The minimum atomic E-state index is -0.209. The number of H-pyrrole nitrogens is 1. The number of hydrogen-bond donors (Lipinski definition) is 2. The molecule has 2 N–H and O–H groups in total. The van der Waals surface area contributed by atoms with E-state index in [0.717, 1.165) is 49.0 Å². The monoisotopic (exact) mass is 484 g/mol. The molecule has 1 amide bonds. The van der Waals surface area contributed by atoms with Crippen molar-refractivity contribution in [2.24, 2.45) is 0 Å².